The summed E-state index contributed by atoms with van der Waals surface area (Å²) in [4.78, 5) is 0. The fourth-order valence-corrected chi connectivity index (χ4v) is 2.68. The molecular weight excluding hydrogens is 256 g/mol. The van der Waals surface area contributed by atoms with Gasteiger partial charge in [-0.1, -0.05) is 75.7 Å². The molecule has 0 aliphatic heterocycles. The molecule has 3 N–H and O–H groups in total. The average molecular weight is 282 g/mol. The van der Waals surface area contributed by atoms with Crippen LogP contribution >= 0.6 is 0 Å². The summed E-state index contributed by atoms with van der Waals surface area (Å²) in [6.07, 6.45) is 2.27. The van der Waals surface area contributed by atoms with Crippen molar-refractivity contribution in [1.82, 2.24) is 5.43 Å². The van der Waals surface area contributed by atoms with E-state index in [4.69, 9.17) is 5.84 Å². The van der Waals surface area contributed by atoms with Crippen molar-refractivity contribution >= 4 is 0 Å². The lowest BCUT2D eigenvalue weighted by atomic mass is 9.94. The molecule has 0 saturated carbocycles. The number of hydrogen-bond donors (Lipinski definition) is 2. The van der Waals surface area contributed by atoms with Crippen LogP contribution in [0.15, 0.2) is 48.5 Å². The maximum absolute atomic E-state index is 5.81. The van der Waals surface area contributed by atoms with Gasteiger partial charge in [0.1, 0.15) is 0 Å². The minimum Gasteiger partial charge on any atom is -0.271 e. The SMILES string of the molecule is CCCc1cccc(C(NN)c2ccc(C(C)C)cc2)c1. The second-order valence-corrected chi connectivity index (χ2v) is 5.92. The highest BCUT2D eigenvalue weighted by molar-refractivity contribution is 5.36. The highest BCUT2D eigenvalue weighted by atomic mass is 15.2. The van der Waals surface area contributed by atoms with Crippen LogP contribution < -0.4 is 11.3 Å². The van der Waals surface area contributed by atoms with Gasteiger partial charge in [-0.15, -0.1) is 0 Å². The molecule has 2 aromatic carbocycles. The zero-order valence-electron chi connectivity index (χ0n) is 13.3. The first-order valence-electron chi connectivity index (χ1n) is 7.80. The maximum atomic E-state index is 5.81. The Labute approximate surface area is 128 Å². The van der Waals surface area contributed by atoms with Gasteiger partial charge in [-0.05, 0) is 34.6 Å². The van der Waals surface area contributed by atoms with E-state index in [1.807, 2.05) is 0 Å². The van der Waals surface area contributed by atoms with E-state index in [1.165, 1.54) is 22.3 Å². The van der Waals surface area contributed by atoms with Crippen LogP contribution in [-0.2, 0) is 6.42 Å². The van der Waals surface area contributed by atoms with Gasteiger partial charge in [0.25, 0.3) is 0 Å². The number of aryl methyl sites for hydroxylation is 1. The second kappa shape index (κ2) is 7.39. The molecule has 0 bridgehead atoms. The van der Waals surface area contributed by atoms with E-state index in [9.17, 15) is 0 Å². The van der Waals surface area contributed by atoms with Gasteiger partial charge in [0.05, 0.1) is 6.04 Å². The summed E-state index contributed by atoms with van der Waals surface area (Å²) in [7, 11) is 0. The summed E-state index contributed by atoms with van der Waals surface area (Å²) < 4.78 is 0. The summed E-state index contributed by atoms with van der Waals surface area (Å²) in [6, 6.07) is 17.5. The number of nitrogens with one attached hydrogen (secondary N) is 1. The molecule has 0 aliphatic carbocycles. The van der Waals surface area contributed by atoms with Gasteiger partial charge in [-0.2, -0.15) is 0 Å². The summed E-state index contributed by atoms with van der Waals surface area (Å²) >= 11 is 0. The first kappa shape index (κ1) is 15.7. The largest absolute Gasteiger partial charge is 0.271 e. The summed E-state index contributed by atoms with van der Waals surface area (Å²) in [5.41, 5.74) is 8.11. The lowest BCUT2D eigenvalue weighted by Crippen LogP contribution is -2.28. The van der Waals surface area contributed by atoms with E-state index in [2.05, 4.69) is 74.7 Å². The van der Waals surface area contributed by atoms with Crippen LogP contribution in [0, 0.1) is 0 Å². The first-order chi connectivity index (χ1) is 10.2. The van der Waals surface area contributed by atoms with Gasteiger partial charge < -0.3 is 0 Å². The molecule has 2 aromatic rings. The first-order valence-corrected chi connectivity index (χ1v) is 7.80. The van der Waals surface area contributed by atoms with Crippen LogP contribution in [0.2, 0.25) is 0 Å². The van der Waals surface area contributed by atoms with Gasteiger partial charge in [-0.3, -0.25) is 5.84 Å². The van der Waals surface area contributed by atoms with Crippen LogP contribution in [0.3, 0.4) is 0 Å². The molecule has 0 aliphatic rings. The molecule has 0 spiro atoms. The van der Waals surface area contributed by atoms with E-state index in [1.54, 1.807) is 0 Å². The Morgan fingerprint density at radius 1 is 0.952 bits per heavy atom. The zero-order chi connectivity index (χ0) is 15.2. The molecule has 21 heavy (non-hydrogen) atoms. The molecule has 2 rings (SSSR count). The van der Waals surface area contributed by atoms with Crippen molar-refractivity contribution < 1.29 is 0 Å². The molecule has 2 nitrogen and oxygen atoms in total. The highest BCUT2D eigenvalue weighted by Crippen LogP contribution is 2.24. The van der Waals surface area contributed by atoms with Crippen LogP contribution in [0.1, 0.15) is 61.4 Å². The zero-order valence-corrected chi connectivity index (χ0v) is 13.3. The molecule has 112 valence electrons. The Kier molecular flexibility index (Phi) is 5.54. The molecule has 1 unspecified atom stereocenters. The van der Waals surface area contributed by atoms with Crippen molar-refractivity contribution in [3.05, 3.63) is 70.8 Å². The fraction of sp³-hybridized carbons (Fsp3) is 0.368. The topological polar surface area (TPSA) is 38.0 Å². The van der Waals surface area contributed by atoms with E-state index in [0.29, 0.717) is 5.92 Å². The van der Waals surface area contributed by atoms with Crippen molar-refractivity contribution in [3.63, 3.8) is 0 Å². The van der Waals surface area contributed by atoms with Gasteiger partial charge in [0.2, 0.25) is 0 Å². The number of nitrogens with two attached hydrogens (primary N) is 1. The van der Waals surface area contributed by atoms with Crippen LogP contribution in [0.25, 0.3) is 0 Å². The third kappa shape index (κ3) is 3.93. The average Bonchev–Trinajstić information content (AvgIpc) is 2.49. The standard InChI is InChI=1S/C19H26N2/c1-4-6-15-7-5-8-18(13-15)19(21-20)17-11-9-16(10-12-17)14(2)3/h5,7-14,19,21H,4,6,20H2,1-3H3. The Bertz CT molecular complexity index is 558. The van der Waals surface area contributed by atoms with Crippen molar-refractivity contribution in [3.8, 4) is 0 Å². The van der Waals surface area contributed by atoms with Crippen molar-refractivity contribution in [2.45, 2.75) is 45.6 Å². The smallest absolute Gasteiger partial charge is 0.0710 e. The summed E-state index contributed by atoms with van der Waals surface area (Å²) in [6.45, 7) is 6.62. The van der Waals surface area contributed by atoms with Crippen LogP contribution in [0.5, 0.6) is 0 Å². The van der Waals surface area contributed by atoms with Crippen LogP contribution in [-0.4, -0.2) is 0 Å². The third-order valence-electron chi connectivity index (χ3n) is 3.93. The molecule has 1 atom stereocenters. The van der Waals surface area contributed by atoms with Crippen molar-refractivity contribution in [1.29, 1.82) is 0 Å². The van der Waals surface area contributed by atoms with Gasteiger partial charge >= 0.3 is 0 Å². The second-order valence-electron chi connectivity index (χ2n) is 5.92. The Morgan fingerprint density at radius 3 is 2.19 bits per heavy atom. The molecular formula is C19H26N2. The molecule has 0 heterocycles. The molecule has 0 fully saturated rings. The molecule has 0 saturated heterocycles. The number of benzene rings is 2. The number of hydrogen-bond acceptors (Lipinski definition) is 2. The Balaban J connectivity index is 2.28. The van der Waals surface area contributed by atoms with Crippen molar-refractivity contribution in [2.24, 2.45) is 5.84 Å². The molecule has 0 aromatic heterocycles. The van der Waals surface area contributed by atoms with E-state index in [-0.39, 0.29) is 6.04 Å². The monoisotopic (exact) mass is 282 g/mol. The van der Waals surface area contributed by atoms with E-state index >= 15 is 0 Å². The summed E-state index contributed by atoms with van der Waals surface area (Å²) in [5, 5.41) is 0. The van der Waals surface area contributed by atoms with E-state index in [0.717, 1.165) is 12.8 Å². The van der Waals surface area contributed by atoms with Crippen LogP contribution in [0.4, 0.5) is 0 Å². The van der Waals surface area contributed by atoms with E-state index < -0.39 is 0 Å². The third-order valence-corrected chi connectivity index (χ3v) is 3.93. The summed E-state index contributed by atoms with van der Waals surface area (Å²) in [5.74, 6) is 6.36. The fourth-order valence-electron chi connectivity index (χ4n) is 2.68. The van der Waals surface area contributed by atoms with Gasteiger partial charge in [0, 0.05) is 0 Å². The Hall–Kier alpha value is -1.64. The molecule has 2 heteroatoms. The predicted octanol–water partition coefficient (Wildman–Crippen LogP) is 4.32. The minimum atomic E-state index is 0.0445. The molecule has 0 radical (unpaired) electrons. The van der Waals surface area contributed by atoms with Crippen molar-refractivity contribution in [2.75, 3.05) is 0 Å². The predicted molar refractivity (Wildman–Crippen MR) is 90.1 cm³/mol. The normalized spacial score (nSPS) is 12.6. The number of rotatable bonds is 6. The number of hydrazine groups is 1. The van der Waals surface area contributed by atoms with Gasteiger partial charge in [0.15, 0.2) is 0 Å². The minimum absolute atomic E-state index is 0.0445. The Morgan fingerprint density at radius 2 is 1.62 bits per heavy atom. The van der Waals surface area contributed by atoms with Gasteiger partial charge in [-0.25, -0.2) is 5.43 Å². The lowest BCUT2D eigenvalue weighted by Gasteiger charge is -2.18. The lowest BCUT2D eigenvalue weighted by molar-refractivity contribution is 0.635. The molecule has 0 amide bonds. The maximum Gasteiger partial charge on any atom is 0.0710 e. The quantitative estimate of drug-likeness (QED) is 0.612. The highest BCUT2D eigenvalue weighted by Gasteiger charge is 2.13.